The Labute approximate surface area is 123 Å². The zero-order valence-corrected chi connectivity index (χ0v) is 14.4. The molecule has 0 unspecified atom stereocenters. The second kappa shape index (κ2) is 11.7. The quantitative estimate of drug-likeness (QED) is 0.228. The van der Waals surface area contributed by atoms with E-state index < -0.39 is 7.63 Å². The summed E-state index contributed by atoms with van der Waals surface area (Å²) in [6.07, 6.45) is 10.0. The number of carbonyl (C=O) groups excluding carboxylic acids is 1. The second-order valence-electron chi connectivity index (χ2n) is 5.37. The summed E-state index contributed by atoms with van der Waals surface area (Å²) in [5, 5.41) is 0. The minimum Gasteiger partial charge on any atom is -0.469 e. The van der Waals surface area contributed by atoms with Crippen LogP contribution in [-0.4, -0.2) is 27.3 Å². The summed E-state index contributed by atoms with van der Waals surface area (Å²) in [4.78, 5) is 10.9. The molecule has 0 aromatic rings. The third-order valence-corrected chi connectivity index (χ3v) is 4.17. The molecule has 0 rings (SSSR count). The maximum atomic E-state index is 10.9. The van der Waals surface area contributed by atoms with Crippen molar-refractivity contribution in [1.82, 2.24) is 0 Å². The van der Waals surface area contributed by atoms with Crippen LogP contribution in [0.1, 0.15) is 57.8 Å². The second-order valence-corrected chi connectivity index (χ2v) is 11.1. The van der Waals surface area contributed by atoms with Crippen LogP contribution < -0.4 is 0 Å². The van der Waals surface area contributed by atoms with Crippen LogP contribution >= 0.6 is 11.1 Å². The third-order valence-electron chi connectivity index (χ3n) is 2.95. The largest absolute Gasteiger partial charge is 0.469 e. The Morgan fingerprint density at radius 2 is 1.42 bits per heavy atom. The maximum absolute atomic E-state index is 10.9. The molecular formula is C14H29ClO3Si. The van der Waals surface area contributed by atoms with Crippen LogP contribution in [0.5, 0.6) is 0 Å². The monoisotopic (exact) mass is 308 g/mol. The minimum atomic E-state index is -1.83. The van der Waals surface area contributed by atoms with Crippen molar-refractivity contribution in [2.45, 2.75) is 70.9 Å². The van der Waals surface area contributed by atoms with Gasteiger partial charge in [-0.15, -0.1) is 11.1 Å². The van der Waals surface area contributed by atoms with Crippen molar-refractivity contribution >= 4 is 24.7 Å². The summed E-state index contributed by atoms with van der Waals surface area (Å²) in [6.45, 7) is 4.81. The number of halogens is 1. The molecule has 3 nitrogen and oxygen atoms in total. The van der Waals surface area contributed by atoms with Gasteiger partial charge in [0, 0.05) is 13.0 Å². The minimum absolute atomic E-state index is 0.0919. The number of methoxy groups -OCH3 is 1. The Morgan fingerprint density at radius 3 is 1.89 bits per heavy atom. The highest BCUT2D eigenvalue weighted by Gasteiger charge is 2.17. The van der Waals surface area contributed by atoms with Gasteiger partial charge in [-0.1, -0.05) is 38.5 Å². The molecule has 0 aliphatic carbocycles. The Balaban J connectivity index is 3.09. The van der Waals surface area contributed by atoms with Gasteiger partial charge < -0.3 is 9.16 Å². The summed E-state index contributed by atoms with van der Waals surface area (Å²) in [5.74, 6) is -0.0919. The Kier molecular flexibility index (Phi) is 11.7. The molecular weight excluding hydrogens is 280 g/mol. The topological polar surface area (TPSA) is 35.5 Å². The van der Waals surface area contributed by atoms with Crippen molar-refractivity contribution in [2.24, 2.45) is 0 Å². The number of rotatable bonds is 12. The fraction of sp³-hybridized carbons (Fsp3) is 0.929. The van der Waals surface area contributed by atoms with Gasteiger partial charge in [-0.05, 0) is 25.9 Å². The van der Waals surface area contributed by atoms with Crippen LogP contribution in [0.3, 0.4) is 0 Å². The Bertz CT molecular complexity index is 229. The van der Waals surface area contributed by atoms with Gasteiger partial charge in [0.25, 0.3) is 7.63 Å². The smallest absolute Gasteiger partial charge is 0.305 e. The Morgan fingerprint density at radius 1 is 0.947 bits per heavy atom. The molecule has 0 aromatic heterocycles. The molecule has 0 saturated heterocycles. The van der Waals surface area contributed by atoms with Crippen LogP contribution in [0.4, 0.5) is 0 Å². The van der Waals surface area contributed by atoms with Crippen LogP contribution in [0, 0.1) is 0 Å². The summed E-state index contributed by atoms with van der Waals surface area (Å²) >= 11 is 6.06. The zero-order chi connectivity index (χ0) is 14.6. The zero-order valence-electron chi connectivity index (χ0n) is 12.7. The molecule has 0 N–H and O–H groups in total. The van der Waals surface area contributed by atoms with E-state index in [4.69, 9.17) is 15.5 Å². The molecule has 19 heavy (non-hydrogen) atoms. The molecule has 114 valence electrons. The SMILES string of the molecule is COC(=O)CCCCCCCCCCO[Si](C)(C)Cl. The van der Waals surface area contributed by atoms with Crippen LogP contribution in [0.25, 0.3) is 0 Å². The molecule has 0 saturated carbocycles. The highest BCUT2D eigenvalue weighted by atomic mass is 35.6. The van der Waals surface area contributed by atoms with E-state index in [1.807, 2.05) is 13.1 Å². The van der Waals surface area contributed by atoms with Gasteiger partial charge >= 0.3 is 5.97 Å². The molecule has 0 aliphatic heterocycles. The van der Waals surface area contributed by atoms with Gasteiger partial charge in [0.15, 0.2) is 0 Å². The third kappa shape index (κ3) is 15.9. The molecule has 0 fully saturated rings. The molecule has 0 atom stereocenters. The number of hydrogen-bond acceptors (Lipinski definition) is 3. The molecule has 0 aliphatic rings. The number of carbonyl (C=O) groups is 1. The summed E-state index contributed by atoms with van der Waals surface area (Å²) in [6, 6.07) is 0. The van der Waals surface area contributed by atoms with Gasteiger partial charge in [0.05, 0.1) is 7.11 Å². The van der Waals surface area contributed by atoms with E-state index in [9.17, 15) is 4.79 Å². The summed E-state index contributed by atoms with van der Waals surface area (Å²) in [7, 11) is -0.381. The van der Waals surface area contributed by atoms with Gasteiger partial charge in [0.1, 0.15) is 0 Å². The van der Waals surface area contributed by atoms with Gasteiger partial charge in [-0.2, -0.15) is 0 Å². The number of hydrogen-bond donors (Lipinski definition) is 0. The van der Waals surface area contributed by atoms with Crippen molar-refractivity contribution in [3.63, 3.8) is 0 Å². The highest BCUT2D eigenvalue weighted by Crippen LogP contribution is 2.12. The van der Waals surface area contributed by atoms with Crippen LogP contribution in [-0.2, 0) is 14.0 Å². The van der Waals surface area contributed by atoms with Gasteiger partial charge in [-0.25, -0.2) is 0 Å². The highest BCUT2D eigenvalue weighted by molar-refractivity contribution is 7.15. The predicted octanol–water partition coefficient (Wildman–Crippen LogP) is 4.63. The first-order chi connectivity index (χ1) is 8.95. The van der Waals surface area contributed by atoms with Crippen molar-refractivity contribution in [1.29, 1.82) is 0 Å². The normalized spacial score (nSPS) is 11.6. The first-order valence-electron chi connectivity index (χ1n) is 7.35. The molecule has 0 heterocycles. The predicted molar refractivity (Wildman–Crippen MR) is 82.9 cm³/mol. The lowest BCUT2D eigenvalue weighted by Gasteiger charge is -2.13. The van der Waals surface area contributed by atoms with Gasteiger partial charge in [0.2, 0.25) is 0 Å². The first-order valence-corrected chi connectivity index (χ1v) is 11.3. The van der Waals surface area contributed by atoms with E-state index >= 15 is 0 Å². The van der Waals surface area contributed by atoms with E-state index in [1.165, 1.54) is 39.2 Å². The van der Waals surface area contributed by atoms with Crippen molar-refractivity contribution < 1.29 is 14.0 Å². The van der Waals surface area contributed by atoms with E-state index in [2.05, 4.69) is 4.74 Å². The van der Waals surface area contributed by atoms with Crippen LogP contribution in [0.15, 0.2) is 0 Å². The van der Waals surface area contributed by atoms with Crippen LogP contribution in [0.2, 0.25) is 13.1 Å². The summed E-state index contributed by atoms with van der Waals surface area (Å²) < 4.78 is 10.2. The number of unbranched alkanes of at least 4 members (excludes halogenated alkanes) is 7. The molecule has 0 radical (unpaired) electrons. The lowest BCUT2D eigenvalue weighted by molar-refractivity contribution is -0.140. The molecule has 0 bridgehead atoms. The molecule has 5 heteroatoms. The van der Waals surface area contributed by atoms with Crippen molar-refractivity contribution in [3.8, 4) is 0 Å². The standard InChI is InChI=1S/C14H29ClO3Si/c1-17-14(16)12-10-8-6-4-5-7-9-11-13-18-19(2,3)15/h4-13H2,1-3H3. The fourth-order valence-electron chi connectivity index (χ4n) is 1.85. The lowest BCUT2D eigenvalue weighted by atomic mass is 10.1. The summed E-state index contributed by atoms with van der Waals surface area (Å²) in [5.41, 5.74) is 0. The lowest BCUT2D eigenvalue weighted by Crippen LogP contribution is -2.22. The average molecular weight is 309 g/mol. The van der Waals surface area contributed by atoms with E-state index in [0.717, 1.165) is 25.9 Å². The van der Waals surface area contributed by atoms with E-state index in [1.54, 1.807) is 0 Å². The number of esters is 1. The first kappa shape index (κ1) is 18.9. The van der Waals surface area contributed by atoms with E-state index in [0.29, 0.717) is 6.42 Å². The molecule has 0 aromatic carbocycles. The fourth-order valence-corrected chi connectivity index (χ4v) is 2.71. The van der Waals surface area contributed by atoms with E-state index in [-0.39, 0.29) is 5.97 Å². The molecule has 0 spiro atoms. The number of ether oxygens (including phenoxy) is 1. The average Bonchev–Trinajstić information content (AvgIpc) is 2.34. The van der Waals surface area contributed by atoms with Crippen molar-refractivity contribution in [2.75, 3.05) is 13.7 Å². The van der Waals surface area contributed by atoms with Gasteiger partial charge in [-0.3, -0.25) is 4.79 Å². The van der Waals surface area contributed by atoms with Crippen molar-refractivity contribution in [3.05, 3.63) is 0 Å². The molecule has 0 amide bonds. The maximum Gasteiger partial charge on any atom is 0.305 e. The Hall–Kier alpha value is -0.0631.